The molecular weight excluding hydrogens is 214 g/mol. The lowest BCUT2D eigenvalue weighted by atomic mass is 10.2. The molecule has 1 aromatic rings. The molecule has 0 radical (unpaired) electrons. The molecule has 4 heteroatoms. The van der Waals surface area contributed by atoms with E-state index in [4.69, 9.17) is 0 Å². The second kappa shape index (κ2) is 7.25. The van der Waals surface area contributed by atoms with Crippen molar-refractivity contribution in [2.45, 2.75) is 27.3 Å². The van der Waals surface area contributed by atoms with Crippen LogP contribution in [-0.4, -0.2) is 36.1 Å². The summed E-state index contributed by atoms with van der Waals surface area (Å²) in [5.41, 5.74) is 1.81. The average Bonchev–Trinajstić information content (AvgIpc) is 2.32. The molecule has 0 fully saturated rings. The van der Waals surface area contributed by atoms with Crippen molar-refractivity contribution in [3.8, 4) is 0 Å². The zero-order chi connectivity index (χ0) is 12.7. The molecule has 1 aromatic heterocycles. The van der Waals surface area contributed by atoms with Crippen molar-refractivity contribution in [2.24, 2.45) is 0 Å². The molecule has 1 rings (SSSR count). The first-order valence-corrected chi connectivity index (χ1v) is 6.28. The van der Waals surface area contributed by atoms with E-state index < -0.39 is 0 Å². The van der Waals surface area contributed by atoms with Gasteiger partial charge in [0.05, 0.1) is 0 Å². The summed E-state index contributed by atoms with van der Waals surface area (Å²) in [6.07, 6.45) is 1.79. The number of nitrogens with one attached hydrogen (secondary N) is 2. The first kappa shape index (κ1) is 13.9. The highest BCUT2D eigenvalue weighted by atomic mass is 16.1. The van der Waals surface area contributed by atoms with Crippen LogP contribution in [0.5, 0.6) is 0 Å². The van der Waals surface area contributed by atoms with Crippen LogP contribution < -0.4 is 10.7 Å². The second-order valence-corrected chi connectivity index (χ2v) is 4.21. The van der Waals surface area contributed by atoms with E-state index in [1.54, 1.807) is 12.3 Å². The Hall–Kier alpha value is -1.13. The van der Waals surface area contributed by atoms with Gasteiger partial charge in [-0.2, -0.15) is 0 Å². The number of aromatic amines is 1. The first-order chi connectivity index (χ1) is 8.17. The zero-order valence-electron chi connectivity index (χ0n) is 11.0. The Balaban J connectivity index is 2.33. The predicted octanol–water partition coefficient (Wildman–Crippen LogP) is 1.11. The Morgan fingerprint density at radius 1 is 1.35 bits per heavy atom. The lowest BCUT2D eigenvalue weighted by Gasteiger charge is -2.17. The van der Waals surface area contributed by atoms with Gasteiger partial charge in [0, 0.05) is 43.2 Å². The van der Waals surface area contributed by atoms with Gasteiger partial charge >= 0.3 is 0 Å². The minimum absolute atomic E-state index is 0.108. The molecule has 0 atom stereocenters. The molecule has 17 heavy (non-hydrogen) atoms. The van der Waals surface area contributed by atoms with Crippen molar-refractivity contribution >= 4 is 0 Å². The van der Waals surface area contributed by atoms with Crippen LogP contribution in [0.15, 0.2) is 17.1 Å². The molecule has 96 valence electrons. The summed E-state index contributed by atoms with van der Waals surface area (Å²) < 4.78 is 0. The number of aryl methyl sites for hydroxylation is 1. The third-order valence-electron chi connectivity index (χ3n) is 2.95. The van der Waals surface area contributed by atoms with Crippen molar-refractivity contribution < 1.29 is 0 Å². The van der Waals surface area contributed by atoms with Gasteiger partial charge in [0.15, 0.2) is 5.43 Å². The molecule has 0 aliphatic heterocycles. The Kier molecular flexibility index (Phi) is 5.94. The fraction of sp³-hybridized carbons (Fsp3) is 0.615. The lowest BCUT2D eigenvalue weighted by Crippen LogP contribution is -2.32. The fourth-order valence-electron chi connectivity index (χ4n) is 1.74. The van der Waals surface area contributed by atoms with E-state index in [9.17, 15) is 4.79 Å². The summed E-state index contributed by atoms with van der Waals surface area (Å²) in [7, 11) is 0. The summed E-state index contributed by atoms with van der Waals surface area (Å²) in [4.78, 5) is 17.0. The number of H-pyrrole nitrogens is 1. The molecule has 0 amide bonds. The van der Waals surface area contributed by atoms with E-state index in [-0.39, 0.29) is 5.43 Å². The van der Waals surface area contributed by atoms with Gasteiger partial charge in [0.25, 0.3) is 0 Å². The summed E-state index contributed by atoms with van der Waals surface area (Å²) in [5.74, 6) is 0. The van der Waals surface area contributed by atoms with Crippen LogP contribution in [0.2, 0.25) is 0 Å². The van der Waals surface area contributed by atoms with Crippen LogP contribution >= 0.6 is 0 Å². The van der Waals surface area contributed by atoms with E-state index in [1.165, 1.54) is 0 Å². The van der Waals surface area contributed by atoms with Gasteiger partial charge in [-0.3, -0.25) is 4.79 Å². The monoisotopic (exact) mass is 237 g/mol. The van der Waals surface area contributed by atoms with Crippen molar-refractivity contribution in [2.75, 3.05) is 26.2 Å². The maximum absolute atomic E-state index is 11.6. The molecule has 0 aliphatic carbocycles. The summed E-state index contributed by atoms with van der Waals surface area (Å²) in [6.45, 7) is 10.9. The maximum Gasteiger partial charge on any atom is 0.186 e. The largest absolute Gasteiger partial charge is 0.365 e. The van der Waals surface area contributed by atoms with E-state index in [2.05, 4.69) is 29.0 Å². The van der Waals surface area contributed by atoms with E-state index >= 15 is 0 Å². The normalized spacial score (nSPS) is 11.1. The van der Waals surface area contributed by atoms with Gasteiger partial charge in [-0.25, -0.2) is 0 Å². The van der Waals surface area contributed by atoms with E-state index in [0.29, 0.717) is 6.54 Å². The summed E-state index contributed by atoms with van der Waals surface area (Å²) >= 11 is 0. The standard InChI is InChI=1S/C13H23N3O/c1-4-16(5-2)7-6-14-9-12-10-15-11(3)8-13(12)17/h8,10,14H,4-7,9H2,1-3H3,(H,15,17). The fourth-order valence-corrected chi connectivity index (χ4v) is 1.74. The lowest BCUT2D eigenvalue weighted by molar-refractivity contribution is 0.302. The van der Waals surface area contributed by atoms with Crippen LogP contribution in [0, 0.1) is 6.92 Å². The van der Waals surface area contributed by atoms with Gasteiger partial charge in [0.1, 0.15) is 0 Å². The Labute approximate surface area is 103 Å². The molecule has 0 saturated heterocycles. The number of hydrogen-bond acceptors (Lipinski definition) is 3. The number of likely N-dealkylation sites (N-methyl/N-ethyl adjacent to an activating group) is 1. The third-order valence-corrected chi connectivity index (χ3v) is 2.95. The first-order valence-electron chi connectivity index (χ1n) is 6.28. The van der Waals surface area contributed by atoms with Gasteiger partial charge in [-0.1, -0.05) is 13.8 Å². The van der Waals surface area contributed by atoms with Gasteiger partial charge in [-0.05, 0) is 20.0 Å². The Morgan fingerprint density at radius 2 is 2.06 bits per heavy atom. The predicted molar refractivity (Wildman–Crippen MR) is 71.3 cm³/mol. The Bertz CT molecular complexity index is 382. The number of pyridine rings is 1. The second-order valence-electron chi connectivity index (χ2n) is 4.21. The van der Waals surface area contributed by atoms with Crippen LogP contribution in [0.3, 0.4) is 0 Å². The highest BCUT2D eigenvalue weighted by Crippen LogP contribution is 1.91. The molecule has 4 nitrogen and oxygen atoms in total. The smallest absolute Gasteiger partial charge is 0.186 e. The van der Waals surface area contributed by atoms with Crippen LogP contribution in [0.4, 0.5) is 0 Å². The van der Waals surface area contributed by atoms with Crippen molar-refractivity contribution in [3.05, 3.63) is 33.7 Å². The zero-order valence-corrected chi connectivity index (χ0v) is 11.0. The van der Waals surface area contributed by atoms with Crippen molar-refractivity contribution in [3.63, 3.8) is 0 Å². The topological polar surface area (TPSA) is 48.1 Å². The minimum Gasteiger partial charge on any atom is -0.365 e. The molecule has 0 aliphatic rings. The van der Waals surface area contributed by atoms with Gasteiger partial charge in [-0.15, -0.1) is 0 Å². The molecule has 0 spiro atoms. The maximum atomic E-state index is 11.6. The van der Waals surface area contributed by atoms with Crippen LogP contribution in [-0.2, 0) is 6.54 Å². The molecule has 0 aromatic carbocycles. The van der Waals surface area contributed by atoms with E-state index in [1.807, 2.05) is 6.92 Å². The van der Waals surface area contributed by atoms with Crippen LogP contribution in [0.1, 0.15) is 25.1 Å². The molecule has 0 bridgehead atoms. The number of nitrogens with zero attached hydrogens (tertiary/aromatic N) is 1. The Morgan fingerprint density at radius 3 is 2.65 bits per heavy atom. The molecule has 0 unspecified atom stereocenters. The van der Waals surface area contributed by atoms with Gasteiger partial charge < -0.3 is 15.2 Å². The third kappa shape index (κ3) is 4.71. The van der Waals surface area contributed by atoms with E-state index in [0.717, 1.165) is 37.4 Å². The van der Waals surface area contributed by atoms with Crippen LogP contribution in [0.25, 0.3) is 0 Å². The quantitative estimate of drug-likeness (QED) is 0.699. The molecule has 0 saturated carbocycles. The molecule has 2 N–H and O–H groups in total. The molecular formula is C13H23N3O. The number of aromatic nitrogens is 1. The highest BCUT2D eigenvalue weighted by Gasteiger charge is 2.00. The summed E-state index contributed by atoms with van der Waals surface area (Å²) in [5, 5.41) is 3.30. The van der Waals surface area contributed by atoms with Crippen molar-refractivity contribution in [1.82, 2.24) is 15.2 Å². The average molecular weight is 237 g/mol. The minimum atomic E-state index is 0.108. The molecule has 1 heterocycles. The number of rotatable bonds is 7. The number of hydrogen-bond donors (Lipinski definition) is 2. The summed E-state index contributed by atoms with van der Waals surface area (Å²) in [6, 6.07) is 1.64. The van der Waals surface area contributed by atoms with Crippen molar-refractivity contribution in [1.29, 1.82) is 0 Å². The SMILES string of the molecule is CCN(CC)CCNCc1c[nH]c(C)cc1=O. The highest BCUT2D eigenvalue weighted by molar-refractivity contribution is 5.13. The van der Waals surface area contributed by atoms with Gasteiger partial charge in [0.2, 0.25) is 0 Å².